The van der Waals surface area contributed by atoms with E-state index >= 15 is 0 Å². The van der Waals surface area contributed by atoms with Gasteiger partial charge in [0, 0.05) is 12.6 Å². The fourth-order valence-corrected chi connectivity index (χ4v) is 3.15. The number of rotatable bonds is 1. The van der Waals surface area contributed by atoms with E-state index in [0.717, 1.165) is 12.1 Å². The highest BCUT2D eigenvalue weighted by Gasteiger charge is 2.28. The third kappa shape index (κ3) is 2.09. The summed E-state index contributed by atoms with van der Waals surface area (Å²) in [5.41, 5.74) is 3.94. The van der Waals surface area contributed by atoms with Gasteiger partial charge in [-0.1, -0.05) is 29.8 Å². The van der Waals surface area contributed by atoms with Gasteiger partial charge in [0.25, 0.3) is 5.78 Å². The smallest absolute Gasteiger partial charge is 0.252 e. The Morgan fingerprint density at radius 2 is 2.05 bits per heavy atom. The summed E-state index contributed by atoms with van der Waals surface area (Å²) in [7, 11) is 0. The molecule has 0 aliphatic heterocycles. The summed E-state index contributed by atoms with van der Waals surface area (Å²) in [6.45, 7) is 3.90. The molecule has 1 atom stereocenters. The molecule has 1 aliphatic carbocycles. The molecule has 2 aromatic heterocycles. The van der Waals surface area contributed by atoms with Crippen LogP contribution in [0.4, 0.5) is 0 Å². The van der Waals surface area contributed by atoms with E-state index in [0.29, 0.717) is 23.6 Å². The van der Waals surface area contributed by atoms with Crippen molar-refractivity contribution in [2.75, 3.05) is 0 Å². The molecule has 0 unspecified atom stereocenters. The average molecular weight is 292 g/mol. The minimum atomic E-state index is 0.135. The second-order valence-corrected chi connectivity index (χ2v) is 5.95. The van der Waals surface area contributed by atoms with Crippen LogP contribution in [0.1, 0.15) is 45.3 Å². The Balaban J connectivity index is 1.79. The van der Waals surface area contributed by atoms with Crippen LogP contribution < -0.4 is 0 Å². The maximum absolute atomic E-state index is 12.5. The predicted octanol–water partition coefficient (Wildman–Crippen LogP) is 2.65. The van der Waals surface area contributed by atoms with Crippen LogP contribution in [0.2, 0.25) is 0 Å². The molecule has 0 fully saturated rings. The van der Waals surface area contributed by atoms with E-state index in [9.17, 15) is 4.79 Å². The Morgan fingerprint density at radius 1 is 1.18 bits per heavy atom. The number of hydrogen-bond donors (Lipinski definition) is 0. The van der Waals surface area contributed by atoms with E-state index in [-0.39, 0.29) is 11.7 Å². The quantitative estimate of drug-likeness (QED) is 0.692. The lowest BCUT2D eigenvalue weighted by molar-refractivity contribution is 0.0962. The van der Waals surface area contributed by atoms with Crippen LogP contribution in [0.15, 0.2) is 30.5 Å². The number of benzene rings is 1. The summed E-state index contributed by atoms with van der Waals surface area (Å²) in [6.07, 6.45) is 3.07. The van der Waals surface area contributed by atoms with Gasteiger partial charge in [0.15, 0.2) is 5.78 Å². The normalized spacial score (nSPS) is 17.7. The molecule has 0 amide bonds. The zero-order valence-corrected chi connectivity index (χ0v) is 12.6. The lowest BCUT2D eigenvalue weighted by Gasteiger charge is -2.23. The average Bonchev–Trinajstić information content (AvgIpc) is 2.84. The van der Waals surface area contributed by atoms with Gasteiger partial charge in [-0.25, -0.2) is 9.50 Å². The molecule has 0 saturated heterocycles. The van der Waals surface area contributed by atoms with Gasteiger partial charge in [-0.05, 0) is 31.7 Å². The number of aromatic nitrogens is 4. The molecule has 110 valence electrons. The van der Waals surface area contributed by atoms with Gasteiger partial charge >= 0.3 is 0 Å². The summed E-state index contributed by atoms with van der Waals surface area (Å²) in [6, 6.07) is 8.37. The highest BCUT2D eigenvalue weighted by molar-refractivity contribution is 5.98. The second kappa shape index (κ2) is 4.73. The number of nitrogens with zero attached hydrogens (tertiary/aromatic N) is 4. The van der Waals surface area contributed by atoms with Gasteiger partial charge in [-0.15, -0.1) is 0 Å². The molecule has 0 bridgehead atoms. The number of Topliss-reactive ketones (excluding diaryl/α,β-unsaturated/α-hetero) is 1. The molecule has 5 heteroatoms. The number of aryl methyl sites for hydroxylation is 2. The zero-order valence-electron chi connectivity index (χ0n) is 12.6. The largest absolute Gasteiger partial charge is 0.294 e. The fourth-order valence-electron chi connectivity index (χ4n) is 3.15. The minimum Gasteiger partial charge on any atom is -0.294 e. The van der Waals surface area contributed by atoms with Crippen molar-refractivity contribution in [1.82, 2.24) is 19.6 Å². The molecule has 1 aliphatic rings. The molecule has 2 heterocycles. The Bertz CT molecular complexity index is 897. The van der Waals surface area contributed by atoms with Crippen molar-refractivity contribution in [3.05, 3.63) is 58.7 Å². The topological polar surface area (TPSA) is 60.2 Å². The monoisotopic (exact) mass is 292 g/mol. The first-order chi connectivity index (χ1) is 10.6. The lowest BCUT2D eigenvalue weighted by Crippen LogP contribution is -2.21. The van der Waals surface area contributed by atoms with Crippen LogP contribution >= 0.6 is 0 Å². The number of ketones is 1. The van der Waals surface area contributed by atoms with Crippen LogP contribution in [0.3, 0.4) is 0 Å². The molecule has 0 radical (unpaired) electrons. The van der Waals surface area contributed by atoms with E-state index in [1.807, 2.05) is 13.0 Å². The first-order valence-corrected chi connectivity index (χ1v) is 7.43. The number of carbonyl (C=O) groups is 1. The Labute approximate surface area is 128 Å². The van der Waals surface area contributed by atoms with Crippen LogP contribution in [0.5, 0.6) is 0 Å². The second-order valence-electron chi connectivity index (χ2n) is 5.95. The maximum atomic E-state index is 12.5. The molecule has 4 rings (SSSR count). The number of fused-ring (bicyclic) bond motifs is 2. The Hall–Kier alpha value is -2.56. The molecular weight excluding hydrogens is 276 g/mol. The van der Waals surface area contributed by atoms with Crippen molar-refractivity contribution in [2.45, 2.75) is 32.6 Å². The molecule has 5 nitrogen and oxygen atoms in total. The Morgan fingerprint density at radius 3 is 2.86 bits per heavy atom. The van der Waals surface area contributed by atoms with Crippen molar-refractivity contribution in [3.63, 3.8) is 0 Å². The van der Waals surface area contributed by atoms with E-state index in [2.05, 4.69) is 40.2 Å². The summed E-state index contributed by atoms with van der Waals surface area (Å²) >= 11 is 0. The van der Waals surface area contributed by atoms with Crippen molar-refractivity contribution in [3.8, 4) is 0 Å². The van der Waals surface area contributed by atoms with E-state index in [1.165, 1.54) is 11.1 Å². The SMILES string of the molecule is Cc1cccc([C@@H]2CC(=O)c3cn4nc(C)nc4nc3C2)c1. The van der Waals surface area contributed by atoms with Gasteiger partial charge in [-0.2, -0.15) is 10.1 Å². The van der Waals surface area contributed by atoms with Crippen LogP contribution in [-0.2, 0) is 6.42 Å². The van der Waals surface area contributed by atoms with Gasteiger partial charge < -0.3 is 0 Å². The van der Waals surface area contributed by atoms with E-state index < -0.39 is 0 Å². The van der Waals surface area contributed by atoms with Crippen LogP contribution in [0, 0.1) is 13.8 Å². The molecule has 0 spiro atoms. The molecule has 1 aromatic carbocycles. The maximum Gasteiger partial charge on any atom is 0.252 e. The third-order valence-corrected chi connectivity index (χ3v) is 4.20. The van der Waals surface area contributed by atoms with E-state index in [4.69, 9.17) is 0 Å². The summed E-state index contributed by atoms with van der Waals surface area (Å²) in [5.74, 6) is 1.56. The van der Waals surface area contributed by atoms with Gasteiger partial charge in [-0.3, -0.25) is 4.79 Å². The molecule has 22 heavy (non-hydrogen) atoms. The number of carbonyl (C=O) groups excluding carboxylic acids is 1. The minimum absolute atomic E-state index is 0.135. The summed E-state index contributed by atoms with van der Waals surface area (Å²) in [4.78, 5) is 21.3. The molecule has 0 N–H and O–H groups in total. The highest BCUT2D eigenvalue weighted by Crippen LogP contribution is 2.32. The number of hydrogen-bond acceptors (Lipinski definition) is 4. The van der Waals surface area contributed by atoms with Crippen molar-refractivity contribution in [1.29, 1.82) is 0 Å². The fraction of sp³-hybridized carbons (Fsp3) is 0.294. The predicted molar refractivity (Wildman–Crippen MR) is 82.1 cm³/mol. The Kier molecular flexibility index (Phi) is 2.82. The summed E-state index contributed by atoms with van der Waals surface area (Å²) < 4.78 is 1.60. The standard InChI is InChI=1S/C17H16N4O/c1-10-4-3-5-12(6-10)13-7-15-14(16(22)8-13)9-21-17(19-15)18-11(2)20-21/h3-6,9,13H,7-8H2,1-2H3/t13-/m0/s1. The van der Waals surface area contributed by atoms with Gasteiger partial charge in [0.05, 0.1) is 11.3 Å². The summed E-state index contributed by atoms with van der Waals surface area (Å²) in [5, 5.41) is 4.24. The van der Waals surface area contributed by atoms with Crippen LogP contribution in [0.25, 0.3) is 5.78 Å². The van der Waals surface area contributed by atoms with Gasteiger partial charge in [0.1, 0.15) is 5.82 Å². The van der Waals surface area contributed by atoms with Crippen molar-refractivity contribution >= 4 is 11.6 Å². The first kappa shape index (κ1) is 13.1. The highest BCUT2D eigenvalue weighted by atomic mass is 16.1. The van der Waals surface area contributed by atoms with Crippen LogP contribution in [-0.4, -0.2) is 25.4 Å². The molecular formula is C17H16N4O. The first-order valence-electron chi connectivity index (χ1n) is 7.43. The van der Waals surface area contributed by atoms with Crippen molar-refractivity contribution in [2.24, 2.45) is 0 Å². The van der Waals surface area contributed by atoms with Crippen molar-refractivity contribution < 1.29 is 4.79 Å². The van der Waals surface area contributed by atoms with Gasteiger partial charge in [0.2, 0.25) is 0 Å². The third-order valence-electron chi connectivity index (χ3n) is 4.20. The lowest BCUT2D eigenvalue weighted by atomic mass is 9.82. The zero-order chi connectivity index (χ0) is 15.3. The molecule has 3 aromatic rings. The molecule has 0 saturated carbocycles. The van der Waals surface area contributed by atoms with E-state index in [1.54, 1.807) is 10.7 Å².